The fourth-order valence-electron chi connectivity index (χ4n) is 3.07. The molecule has 0 aromatic rings. The summed E-state index contributed by atoms with van der Waals surface area (Å²) < 4.78 is 0. The number of fused-ring (bicyclic) bond motifs is 2. The van der Waals surface area contributed by atoms with E-state index in [4.69, 9.17) is 0 Å². The Kier molecular flexibility index (Phi) is 2.20. The van der Waals surface area contributed by atoms with Crippen molar-refractivity contribution in [1.29, 1.82) is 0 Å². The minimum absolute atomic E-state index is 0.476. The molecule has 1 nitrogen and oxygen atoms in total. The van der Waals surface area contributed by atoms with Crippen molar-refractivity contribution in [2.45, 2.75) is 45.4 Å². The van der Waals surface area contributed by atoms with Gasteiger partial charge in [0, 0.05) is 12.3 Å². The molecule has 0 N–H and O–H groups in total. The number of carbonyl (C=O) groups excluding carboxylic acids is 1. The van der Waals surface area contributed by atoms with E-state index in [2.05, 4.69) is 6.92 Å². The summed E-state index contributed by atoms with van der Waals surface area (Å²) in [5, 5.41) is 0. The molecule has 2 fully saturated rings. The summed E-state index contributed by atoms with van der Waals surface area (Å²) in [5.41, 5.74) is 0. The fraction of sp³-hybridized carbons (Fsp3) is 0.909. The molecular weight excluding hydrogens is 148 g/mol. The molecular formula is C11H18O. The lowest BCUT2D eigenvalue weighted by molar-refractivity contribution is -0.124. The maximum atomic E-state index is 11.6. The molecule has 0 radical (unpaired) electrons. The second-order valence-electron chi connectivity index (χ2n) is 4.50. The van der Waals surface area contributed by atoms with Crippen LogP contribution in [0.5, 0.6) is 0 Å². The molecule has 0 saturated heterocycles. The lowest BCUT2D eigenvalue weighted by Crippen LogP contribution is -2.20. The zero-order chi connectivity index (χ0) is 8.55. The van der Waals surface area contributed by atoms with Crippen molar-refractivity contribution >= 4 is 5.78 Å². The van der Waals surface area contributed by atoms with Crippen LogP contribution in [0.15, 0.2) is 0 Å². The molecule has 68 valence electrons. The first-order valence-electron chi connectivity index (χ1n) is 5.34. The summed E-state index contributed by atoms with van der Waals surface area (Å²) in [6, 6.07) is 0. The lowest BCUT2D eigenvalue weighted by atomic mass is 9.84. The second-order valence-corrected chi connectivity index (χ2v) is 4.50. The maximum absolute atomic E-state index is 11.6. The van der Waals surface area contributed by atoms with E-state index in [0.29, 0.717) is 11.7 Å². The smallest absolute Gasteiger partial charge is 0.136 e. The van der Waals surface area contributed by atoms with Crippen LogP contribution in [0.1, 0.15) is 45.4 Å². The topological polar surface area (TPSA) is 17.1 Å². The molecule has 0 aromatic carbocycles. The quantitative estimate of drug-likeness (QED) is 0.630. The van der Waals surface area contributed by atoms with Crippen molar-refractivity contribution < 1.29 is 4.79 Å². The fourth-order valence-corrected chi connectivity index (χ4v) is 3.07. The Hall–Kier alpha value is -0.330. The number of ketones is 1. The third-order valence-electron chi connectivity index (χ3n) is 3.65. The second kappa shape index (κ2) is 3.20. The highest BCUT2D eigenvalue weighted by Crippen LogP contribution is 2.48. The van der Waals surface area contributed by atoms with Crippen molar-refractivity contribution in [3.8, 4) is 0 Å². The summed E-state index contributed by atoms with van der Waals surface area (Å²) in [7, 11) is 0. The van der Waals surface area contributed by atoms with E-state index in [9.17, 15) is 4.79 Å². The normalized spacial score (nSPS) is 38.9. The number of carbonyl (C=O) groups is 1. The molecule has 2 saturated carbocycles. The predicted molar refractivity (Wildman–Crippen MR) is 48.9 cm³/mol. The van der Waals surface area contributed by atoms with Gasteiger partial charge in [-0.25, -0.2) is 0 Å². The highest BCUT2D eigenvalue weighted by molar-refractivity contribution is 5.81. The minimum Gasteiger partial charge on any atom is -0.299 e. The van der Waals surface area contributed by atoms with Gasteiger partial charge in [0.1, 0.15) is 5.78 Å². The molecule has 0 spiro atoms. The van der Waals surface area contributed by atoms with Gasteiger partial charge in [-0.1, -0.05) is 13.3 Å². The zero-order valence-corrected chi connectivity index (χ0v) is 7.88. The van der Waals surface area contributed by atoms with E-state index in [1.807, 2.05) is 0 Å². The predicted octanol–water partition coefficient (Wildman–Crippen LogP) is 2.79. The first-order valence-corrected chi connectivity index (χ1v) is 5.34. The summed E-state index contributed by atoms with van der Waals surface area (Å²) >= 11 is 0. The zero-order valence-electron chi connectivity index (χ0n) is 7.88. The molecule has 0 amide bonds. The van der Waals surface area contributed by atoms with Gasteiger partial charge in [-0.3, -0.25) is 4.79 Å². The van der Waals surface area contributed by atoms with Gasteiger partial charge >= 0.3 is 0 Å². The summed E-state index contributed by atoms with van der Waals surface area (Å²) in [6.07, 6.45) is 7.19. The monoisotopic (exact) mass is 166 g/mol. The molecule has 0 aromatic heterocycles. The molecule has 3 unspecified atom stereocenters. The van der Waals surface area contributed by atoms with Crippen molar-refractivity contribution in [2.24, 2.45) is 17.8 Å². The Morgan fingerprint density at radius 3 is 2.67 bits per heavy atom. The first kappa shape index (κ1) is 8.28. The SMILES string of the molecule is CCCC(=O)C1CC2CCC1C2. The van der Waals surface area contributed by atoms with Crippen LogP contribution in [0.25, 0.3) is 0 Å². The van der Waals surface area contributed by atoms with Gasteiger partial charge in [-0.2, -0.15) is 0 Å². The van der Waals surface area contributed by atoms with Gasteiger partial charge in [0.2, 0.25) is 0 Å². The molecule has 1 heteroatoms. The first-order chi connectivity index (χ1) is 5.81. The van der Waals surface area contributed by atoms with Crippen LogP contribution in [-0.4, -0.2) is 5.78 Å². The van der Waals surface area contributed by atoms with Gasteiger partial charge < -0.3 is 0 Å². The molecule has 3 atom stereocenters. The van der Waals surface area contributed by atoms with E-state index < -0.39 is 0 Å². The summed E-state index contributed by atoms with van der Waals surface area (Å²) in [6.45, 7) is 2.10. The van der Waals surface area contributed by atoms with Crippen molar-refractivity contribution in [1.82, 2.24) is 0 Å². The van der Waals surface area contributed by atoms with Gasteiger partial charge in [0.25, 0.3) is 0 Å². The average Bonchev–Trinajstić information content (AvgIpc) is 2.64. The maximum Gasteiger partial charge on any atom is 0.136 e. The third kappa shape index (κ3) is 1.30. The Labute approximate surface area is 74.5 Å². The highest BCUT2D eigenvalue weighted by atomic mass is 16.1. The van der Waals surface area contributed by atoms with Gasteiger partial charge in [-0.05, 0) is 37.5 Å². The third-order valence-corrected chi connectivity index (χ3v) is 3.65. The van der Waals surface area contributed by atoms with Crippen molar-refractivity contribution in [3.63, 3.8) is 0 Å². The van der Waals surface area contributed by atoms with Crippen LogP contribution in [0.3, 0.4) is 0 Å². The molecule has 2 aliphatic rings. The number of hydrogen-bond acceptors (Lipinski definition) is 1. The Morgan fingerprint density at radius 1 is 1.33 bits per heavy atom. The summed E-state index contributed by atoms with van der Waals surface area (Å²) in [4.78, 5) is 11.6. The molecule has 12 heavy (non-hydrogen) atoms. The largest absolute Gasteiger partial charge is 0.299 e. The summed E-state index contributed by atoms with van der Waals surface area (Å²) in [5.74, 6) is 2.74. The highest BCUT2D eigenvalue weighted by Gasteiger charge is 2.42. The molecule has 0 aliphatic heterocycles. The van der Waals surface area contributed by atoms with Gasteiger partial charge in [0.05, 0.1) is 0 Å². The van der Waals surface area contributed by atoms with Crippen LogP contribution < -0.4 is 0 Å². The van der Waals surface area contributed by atoms with Gasteiger partial charge in [0.15, 0.2) is 0 Å². The molecule has 2 aliphatic carbocycles. The number of Topliss-reactive ketones (excluding diaryl/α,β-unsaturated/α-hetero) is 1. The molecule has 2 rings (SSSR count). The lowest BCUT2D eigenvalue weighted by Gasteiger charge is -2.19. The van der Waals surface area contributed by atoms with Crippen molar-refractivity contribution in [3.05, 3.63) is 0 Å². The minimum atomic E-state index is 0.476. The standard InChI is InChI=1S/C11H18O/c1-2-3-11(12)10-7-8-4-5-9(10)6-8/h8-10H,2-7H2,1H3. The van der Waals surface area contributed by atoms with Crippen LogP contribution >= 0.6 is 0 Å². The van der Waals surface area contributed by atoms with Crippen LogP contribution in [0, 0.1) is 17.8 Å². The number of hydrogen-bond donors (Lipinski definition) is 0. The molecule has 0 heterocycles. The van der Waals surface area contributed by atoms with E-state index in [-0.39, 0.29) is 0 Å². The molecule has 2 bridgehead atoms. The van der Waals surface area contributed by atoms with Crippen molar-refractivity contribution in [2.75, 3.05) is 0 Å². The van der Waals surface area contributed by atoms with Gasteiger partial charge in [-0.15, -0.1) is 0 Å². The Bertz CT molecular complexity index is 185. The van der Waals surface area contributed by atoms with E-state index >= 15 is 0 Å². The van der Waals surface area contributed by atoms with Crippen LogP contribution in [0.2, 0.25) is 0 Å². The van der Waals surface area contributed by atoms with E-state index in [0.717, 1.165) is 24.7 Å². The van der Waals surface area contributed by atoms with E-state index in [1.165, 1.54) is 25.7 Å². The van der Waals surface area contributed by atoms with Crippen LogP contribution in [0.4, 0.5) is 0 Å². The van der Waals surface area contributed by atoms with E-state index in [1.54, 1.807) is 0 Å². The average molecular weight is 166 g/mol. The Morgan fingerprint density at radius 2 is 2.17 bits per heavy atom. The Balaban J connectivity index is 1.93. The number of rotatable bonds is 3. The van der Waals surface area contributed by atoms with Crippen LogP contribution in [-0.2, 0) is 4.79 Å².